The van der Waals surface area contributed by atoms with E-state index in [2.05, 4.69) is 84.0 Å². The van der Waals surface area contributed by atoms with E-state index in [0.29, 0.717) is 6.61 Å². The molecule has 122 valence electrons. The smallest absolute Gasteiger partial charge is 0.119 e. The van der Waals surface area contributed by atoms with Gasteiger partial charge < -0.3 is 4.74 Å². The van der Waals surface area contributed by atoms with Gasteiger partial charge in [-0.05, 0) is 50.8 Å². The summed E-state index contributed by atoms with van der Waals surface area (Å²) in [5.74, 6) is 0.733. The number of hydrogen-bond donors (Lipinski definition) is 0. The molecule has 0 aliphatic rings. The van der Waals surface area contributed by atoms with E-state index in [1.54, 1.807) is 0 Å². The summed E-state index contributed by atoms with van der Waals surface area (Å²) in [4.78, 5) is 0. The fourth-order valence-corrected chi connectivity index (χ4v) is 3.87. The van der Waals surface area contributed by atoms with Gasteiger partial charge in [-0.25, -0.2) is 0 Å². The lowest BCUT2D eigenvalue weighted by Gasteiger charge is -2.18. The minimum absolute atomic E-state index is 0.617. The second-order valence-electron chi connectivity index (χ2n) is 5.66. The van der Waals surface area contributed by atoms with E-state index in [-0.39, 0.29) is 0 Å². The zero-order valence-corrected chi connectivity index (χ0v) is 15.7. The van der Waals surface area contributed by atoms with Gasteiger partial charge in [-0.1, -0.05) is 68.1 Å². The van der Waals surface area contributed by atoms with Crippen LogP contribution in [0.4, 0.5) is 0 Å². The summed E-state index contributed by atoms with van der Waals surface area (Å²) in [6, 6.07) is 17.0. The van der Waals surface area contributed by atoms with Crippen LogP contribution in [0.1, 0.15) is 25.8 Å². The van der Waals surface area contributed by atoms with Gasteiger partial charge in [0, 0.05) is 15.6 Å². The highest BCUT2D eigenvalue weighted by atomic mass is 79.9. The highest BCUT2D eigenvalue weighted by Crippen LogP contribution is 2.41. The van der Waals surface area contributed by atoms with Crippen molar-refractivity contribution >= 4 is 43.0 Å². The number of fused-ring (bicyclic) bond motifs is 2. The fourth-order valence-electron chi connectivity index (χ4n) is 3.18. The standard InChI is InChI=1S/C22H21BrO/c1-4-10-16(15(3)24-5-2)21-17-11-6-8-13-19(17)22(23)20-14-9-7-12-18(20)21/h6-14H,3-5H2,1-2H3/b16-10+. The molecule has 3 aromatic carbocycles. The molecular weight excluding hydrogens is 360 g/mol. The van der Waals surface area contributed by atoms with E-state index in [1.807, 2.05) is 6.92 Å². The number of ether oxygens (including phenoxy) is 1. The normalized spacial score (nSPS) is 11.9. The van der Waals surface area contributed by atoms with E-state index in [4.69, 9.17) is 4.74 Å². The van der Waals surface area contributed by atoms with Crippen LogP contribution < -0.4 is 0 Å². The SMILES string of the molecule is C=C(OCC)/C(=C\CC)c1c2ccccc2c(Br)c2ccccc12. The summed E-state index contributed by atoms with van der Waals surface area (Å²) in [5, 5.41) is 4.84. The minimum Gasteiger partial charge on any atom is -0.494 e. The predicted octanol–water partition coefficient (Wildman–Crippen LogP) is 7.10. The third-order valence-electron chi connectivity index (χ3n) is 4.16. The van der Waals surface area contributed by atoms with Crippen LogP contribution in [-0.4, -0.2) is 6.61 Å². The zero-order valence-electron chi connectivity index (χ0n) is 14.1. The summed E-state index contributed by atoms with van der Waals surface area (Å²) < 4.78 is 6.90. The molecule has 0 N–H and O–H groups in total. The van der Waals surface area contributed by atoms with Crippen LogP contribution in [0.3, 0.4) is 0 Å². The first-order valence-electron chi connectivity index (χ1n) is 8.30. The van der Waals surface area contributed by atoms with Crippen molar-refractivity contribution in [2.24, 2.45) is 0 Å². The lowest BCUT2D eigenvalue weighted by Crippen LogP contribution is -1.98. The molecule has 0 unspecified atom stereocenters. The van der Waals surface area contributed by atoms with Crippen LogP contribution in [-0.2, 0) is 4.74 Å². The third kappa shape index (κ3) is 2.87. The van der Waals surface area contributed by atoms with E-state index in [0.717, 1.165) is 22.2 Å². The molecule has 0 spiro atoms. The first-order chi connectivity index (χ1) is 11.7. The van der Waals surface area contributed by atoms with E-state index < -0.39 is 0 Å². The Labute approximate surface area is 151 Å². The van der Waals surface area contributed by atoms with Gasteiger partial charge >= 0.3 is 0 Å². The Kier molecular flexibility index (Phi) is 5.06. The van der Waals surface area contributed by atoms with Crippen LogP contribution in [0, 0.1) is 0 Å². The van der Waals surface area contributed by atoms with Crippen molar-refractivity contribution < 1.29 is 4.74 Å². The molecule has 3 rings (SSSR count). The first kappa shape index (κ1) is 16.8. The number of allylic oxidation sites excluding steroid dienone is 2. The Morgan fingerprint density at radius 3 is 1.92 bits per heavy atom. The molecule has 0 heterocycles. The third-order valence-corrected chi connectivity index (χ3v) is 5.02. The van der Waals surface area contributed by atoms with Crippen molar-refractivity contribution in [2.75, 3.05) is 6.61 Å². The molecule has 0 saturated heterocycles. The maximum Gasteiger partial charge on any atom is 0.119 e. The van der Waals surface area contributed by atoms with Crippen molar-refractivity contribution in [3.63, 3.8) is 0 Å². The van der Waals surface area contributed by atoms with Crippen LogP contribution in [0.5, 0.6) is 0 Å². The van der Waals surface area contributed by atoms with Gasteiger partial charge in [0.05, 0.1) is 6.61 Å². The predicted molar refractivity (Wildman–Crippen MR) is 108 cm³/mol. The number of halogens is 1. The van der Waals surface area contributed by atoms with Crippen molar-refractivity contribution in [3.05, 3.63) is 77.0 Å². The van der Waals surface area contributed by atoms with Gasteiger partial charge in [-0.3, -0.25) is 0 Å². The van der Waals surface area contributed by atoms with Crippen molar-refractivity contribution in [3.8, 4) is 0 Å². The Hall–Kier alpha value is -2.06. The lowest BCUT2D eigenvalue weighted by molar-refractivity contribution is 0.247. The Morgan fingerprint density at radius 1 is 0.958 bits per heavy atom. The van der Waals surface area contributed by atoms with E-state index >= 15 is 0 Å². The van der Waals surface area contributed by atoms with Crippen molar-refractivity contribution in [1.82, 2.24) is 0 Å². The Bertz CT molecular complexity index is 880. The van der Waals surface area contributed by atoms with Gasteiger partial charge in [0.2, 0.25) is 0 Å². The Morgan fingerprint density at radius 2 is 1.46 bits per heavy atom. The second kappa shape index (κ2) is 7.23. The molecule has 0 saturated carbocycles. The average Bonchev–Trinajstić information content (AvgIpc) is 2.61. The van der Waals surface area contributed by atoms with Gasteiger partial charge in [0.1, 0.15) is 5.76 Å². The molecule has 0 aromatic heterocycles. The van der Waals surface area contributed by atoms with Crippen LogP contribution >= 0.6 is 15.9 Å². The monoisotopic (exact) mass is 380 g/mol. The molecule has 0 aliphatic carbocycles. The van der Waals surface area contributed by atoms with E-state index in [1.165, 1.54) is 27.1 Å². The van der Waals surface area contributed by atoms with Gasteiger partial charge in [0.25, 0.3) is 0 Å². The average molecular weight is 381 g/mol. The van der Waals surface area contributed by atoms with Gasteiger partial charge in [0.15, 0.2) is 0 Å². The number of rotatable bonds is 5. The molecule has 1 nitrogen and oxygen atoms in total. The number of benzene rings is 3. The number of hydrogen-bond acceptors (Lipinski definition) is 1. The first-order valence-corrected chi connectivity index (χ1v) is 9.09. The Balaban J connectivity index is 2.45. The molecule has 0 atom stereocenters. The van der Waals surface area contributed by atoms with Gasteiger partial charge in [-0.2, -0.15) is 0 Å². The highest BCUT2D eigenvalue weighted by molar-refractivity contribution is 9.10. The van der Waals surface area contributed by atoms with Crippen molar-refractivity contribution in [1.29, 1.82) is 0 Å². The molecule has 0 fully saturated rings. The molecule has 3 aromatic rings. The maximum absolute atomic E-state index is 5.76. The zero-order chi connectivity index (χ0) is 17.1. The second-order valence-corrected chi connectivity index (χ2v) is 6.46. The largest absolute Gasteiger partial charge is 0.494 e. The lowest BCUT2D eigenvalue weighted by atomic mass is 9.90. The van der Waals surface area contributed by atoms with Crippen LogP contribution in [0.2, 0.25) is 0 Å². The molecule has 0 bridgehead atoms. The molecule has 0 amide bonds. The quantitative estimate of drug-likeness (QED) is 0.260. The van der Waals surface area contributed by atoms with Crippen LogP contribution in [0.15, 0.2) is 71.4 Å². The molecule has 0 aliphatic heterocycles. The van der Waals surface area contributed by atoms with Crippen molar-refractivity contribution in [2.45, 2.75) is 20.3 Å². The van der Waals surface area contributed by atoms with Crippen LogP contribution in [0.25, 0.3) is 27.1 Å². The topological polar surface area (TPSA) is 9.23 Å². The minimum atomic E-state index is 0.617. The summed E-state index contributed by atoms with van der Waals surface area (Å²) in [7, 11) is 0. The van der Waals surface area contributed by atoms with Gasteiger partial charge in [-0.15, -0.1) is 0 Å². The summed E-state index contributed by atoms with van der Waals surface area (Å²) >= 11 is 3.80. The summed E-state index contributed by atoms with van der Waals surface area (Å²) in [6.45, 7) is 8.92. The molecule has 2 heteroatoms. The fraction of sp³-hybridized carbons (Fsp3) is 0.182. The molecule has 24 heavy (non-hydrogen) atoms. The maximum atomic E-state index is 5.76. The summed E-state index contributed by atoms with van der Waals surface area (Å²) in [6.07, 6.45) is 3.14. The molecular formula is C22H21BrO. The van der Waals surface area contributed by atoms with E-state index in [9.17, 15) is 0 Å². The highest BCUT2D eigenvalue weighted by Gasteiger charge is 2.17. The summed E-state index contributed by atoms with van der Waals surface area (Å²) in [5.41, 5.74) is 2.28. The molecule has 0 radical (unpaired) electrons.